The fourth-order valence-corrected chi connectivity index (χ4v) is 1.05. The molecule has 0 amide bonds. The van der Waals surface area contributed by atoms with Gasteiger partial charge in [0.25, 0.3) is 0 Å². The Morgan fingerprint density at radius 3 is 2.00 bits per heavy atom. The summed E-state index contributed by atoms with van der Waals surface area (Å²) in [4.78, 5) is 0. The van der Waals surface area contributed by atoms with Crippen molar-refractivity contribution in [1.82, 2.24) is 0 Å². The average molecular weight is 207 g/mol. The highest BCUT2D eigenvalue weighted by molar-refractivity contribution is 5.34. The van der Waals surface area contributed by atoms with E-state index in [2.05, 4.69) is 0 Å². The molecule has 1 atom stereocenters. The first kappa shape index (κ1) is 11.0. The van der Waals surface area contributed by atoms with Crippen LogP contribution in [0.3, 0.4) is 0 Å². The third kappa shape index (κ3) is 2.45. The second kappa shape index (κ2) is 3.96. The SMILES string of the molecule is OC(F)[C](c1ccccc1)C(F)(F)F. The van der Waals surface area contributed by atoms with E-state index in [-0.39, 0.29) is 5.56 Å². The molecule has 0 saturated heterocycles. The first-order valence-electron chi connectivity index (χ1n) is 3.74. The lowest BCUT2D eigenvalue weighted by atomic mass is 9.99. The molecule has 0 saturated carbocycles. The molecular formula is C9H7F4O. The number of aliphatic hydroxyl groups is 1. The zero-order valence-electron chi connectivity index (χ0n) is 6.92. The Kier molecular flexibility index (Phi) is 3.10. The van der Waals surface area contributed by atoms with Crippen LogP contribution < -0.4 is 0 Å². The second-order valence-corrected chi connectivity index (χ2v) is 2.61. The molecule has 1 aromatic carbocycles. The summed E-state index contributed by atoms with van der Waals surface area (Å²) in [6.45, 7) is 0. The molecule has 0 aliphatic heterocycles. The van der Waals surface area contributed by atoms with E-state index in [1.807, 2.05) is 0 Å². The van der Waals surface area contributed by atoms with Gasteiger partial charge in [0.05, 0.1) is 0 Å². The molecule has 0 aliphatic carbocycles. The van der Waals surface area contributed by atoms with Gasteiger partial charge in [-0.2, -0.15) is 13.2 Å². The smallest absolute Gasteiger partial charge is 0.363 e. The zero-order valence-corrected chi connectivity index (χ0v) is 6.92. The first-order valence-corrected chi connectivity index (χ1v) is 3.74. The van der Waals surface area contributed by atoms with E-state index in [1.165, 1.54) is 18.2 Å². The van der Waals surface area contributed by atoms with Gasteiger partial charge in [-0.25, -0.2) is 4.39 Å². The van der Waals surface area contributed by atoms with Crippen LogP contribution in [-0.2, 0) is 0 Å². The number of hydrogen-bond acceptors (Lipinski definition) is 1. The Morgan fingerprint density at radius 2 is 1.64 bits per heavy atom. The van der Waals surface area contributed by atoms with Crippen LogP contribution >= 0.6 is 0 Å². The van der Waals surface area contributed by atoms with Crippen molar-refractivity contribution in [2.75, 3.05) is 0 Å². The third-order valence-electron chi connectivity index (χ3n) is 1.63. The lowest BCUT2D eigenvalue weighted by Gasteiger charge is -2.19. The molecule has 0 aliphatic rings. The predicted octanol–water partition coefficient (Wildman–Crippen LogP) is 2.46. The molecule has 5 heteroatoms. The van der Waals surface area contributed by atoms with E-state index < -0.39 is 18.5 Å². The second-order valence-electron chi connectivity index (χ2n) is 2.61. The minimum absolute atomic E-state index is 0.366. The minimum atomic E-state index is -4.87. The van der Waals surface area contributed by atoms with Crippen LogP contribution in [0, 0.1) is 5.92 Å². The van der Waals surface area contributed by atoms with Crippen molar-refractivity contribution in [2.24, 2.45) is 0 Å². The van der Waals surface area contributed by atoms with Gasteiger partial charge in [0.1, 0.15) is 0 Å². The standard InChI is InChI=1S/C9H7F4O/c10-8(14)7(9(11,12)13)6-4-2-1-3-5-6/h1-5,8,14H. The Morgan fingerprint density at radius 1 is 1.14 bits per heavy atom. The summed E-state index contributed by atoms with van der Waals surface area (Å²) < 4.78 is 49.0. The van der Waals surface area contributed by atoms with E-state index in [1.54, 1.807) is 0 Å². The van der Waals surface area contributed by atoms with Gasteiger partial charge in [-0.15, -0.1) is 0 Å². The normalized spacial score (nSPS) is 14.4. The monoisotopic (exact) mass is 207 g/mol. The number of rotatable bonds is 2. The highest BCUT2D eigenvalue weighted by Gasteiger charge is 2.46. The lowest BCUT2D eigenvalue weighted by molar-refractivity contribution is -0.140. The summed E-state index contributed by atoms with van der Waals surface area (Å²) in [7, 11) is 0. The zero-order chi connectivity index (χ0) is 10.8. The lowest BCUT2D eigenvalue weighted by Crippen LogP contribution is -2.30. The molecule has 0 heterocycles. The van der Waals surface area contributed by atoms with Gasteiger partial charge < -0.3 is 5.11 Å². The highest BCUT2D eigenvalue weighted by atomic mass is 19.4. The Balaban J connectivity index is 3.02. The van der Waals surface area contributed by atoms with Crippen LogP contribution in [0.1, 0.15) is 5.56 Å². The van der Waals surface area contributed by atoms with E-state index >= 15 is 0 Å². The van der Waals surface area contributed by atoms with Crippen molar-refractivity contribution in [2.45, 2.75) is 12.5 Å². The average Bonchev–Trinajstić information content (AvgIpc) is 2.02. The van der Waals surface area contributed by atoms with Crippen molar-refractivity contribution in [3.05, 3.63) is 41.8 Å². The molecule has 1 nitrogen and oxygen atoms in total. The summed E-state index contributed by atoms with van der Waals surface area (Å²) in [5, 5.41) is 8.38. The largest absolute Gasteiger partial charge is 0.405 e. The molecule has 0 spiro atoms. The van der Waals surface area contributed by atoms with Crippen molar-refractivity contribution >= 4 is 0 Å². The van der Waals surface area contributed by atoms with Gasteiger partial charge in [0, 0.05) is 0 Å². The van der Waals surface area contributed by atoms with Crippen molar-refractivity contribution in [1.29, 1.82) is 0 Å². The van der Waals surface area contributed by atoms with Gasteiger partial charge in [-0.3, -0.25) is 0 Å². The minimum Gasteiger partial charge on any atom is -0.363 e. The summed E-state index contributed by atoms with van der Waals surface area (Å²) in [5.74, 6) is -1.57. The summed E-state index contributed by atoms with van der Waals surface area (Å²) in [6, 6.07) is 6.35. The maximum atomic E-state index is 12.3. The highest BCUT2D eigenvalue weighted by Crippen LogP contribution is 2.36. The van der Waals surface area contributed by atoms with Gasteiger partial charge in [-0.05, 0) is 5.56 Å². The van der Waals surface area contributed by atoms with Crippen molar-refractivity contribution < 1.29 is 22.7 Å². The summed E-state index contributed by atoms with van der Waals surface area (Å²) in [6.07, 6.45) is -7.88. The number of halogens is 4. The van der Waals surface area contributed by atoms with E-state index in [4.69, 9.17) is 5.11 Å². The molecule has 1 aromatic rings. The third-order valence-corrected chi connectivity index (χ3v) is 1.63. The van der Waals surface area contributed by atoms with Gasteiger partial charge >= 0.3 is 6.18 Å². The van der Waals surface area contributed by atoms with Crippen LogP contribution in [0.15, 0.2) is 30.3 Å². The molecule has 1 rings (SSSR count). The van der Waals surface area contributed by atoms with E-state index in [9.17, 15) is 17.6 Å². The number of benzene rings is 1. The molecule has 77 valence electrons. The number of alkyl halides is 4. The maximum absolute atomic E-state index is 12.3. The molecule has 0 fully saturated rings. The molecule has 1 unspecified atom stereocenters. The predicted molar refractivity (Wildman–Crippen MR) is 42.0 cm³/mol. The van der Waals surface area contributed by atoms with Gasteiger partial charge in [0.15, 0.2) is 5.92 Å². The molecular weight excluding hydrogens is 200 g/mol. The van der Waals surface area contributed by atoms with E-state index in [0.717, 1.165) is 12.1 Å². The van der Waals surface area contributed by atoms with Crippen molar-refractivity contribution in [3.8, 4) is 0 Å². The molecule has 1 N–H and O–H groups in total. The van der Waals surface area contributed by atoms with E-state index in [0.29, 0.717) is 0 Å². The van der Waals surface area contributed by atoms with Crippen LogP contribution in [0.5, 0.6) is 0 Å². The molecule has 0 bridgehead atoms. The first-order chi connectivity index (χ1) is 6.43. The van der Waals surface area contributed by atoms with Gasteiger partial charge in [-0.1, -0.05) is 30.3 Å². The fraction of sp³-hybridized carbons (Fsp3) is 0.222. The van der Waals surface area contributed by atoms with Crippen LogP contribution in [-0.4, -0.2) is 17.6 Å². The van der Waals surface area contributed by atoms with Crippen molar-refractivity contribution in [3.63, 3.8) is 0 Å². The van der Waals surface area contributed by atoms with Crippen LogP contribution in [0.4, 0.5) is 17.6 Å². The molecule has 1 radical (unpaired) electrons. The Bertz CT molecular complexity index is 281. The quantitative estimate of drug-likeness (QED) is 0.738. The van der Waals surface area contributed by atoms with Crippen LogP contribution in [0.2, 0.25) is 0 Å². The van der Waals surface area contributed by atoms with Gasteiger partial charge in [0.2, 0.25) is 6.36 Å². The summed E-state index contributed by atoms with van der Waals surface area (Å²) in [5.41, 5.74) is -0.366. The number of aliphatic hydroxyl groups excluding tert-OH is 1. The Labute approximate surface area is 78.0 Å². The fourth-order valence-electron chi connectivity index (χ4n) is 1.05. The topological polar surface area (TPSA) is 20.2 Å². The Hall–Kier alpha value is -1.10. The molecule has 14 heavy (non-hydrogen) atoms. The summed E-state index contributed by atoms with van der Waals surface area (Å²) >= 11 is 0. The number of hydrogen-bond donors (Lipinski definition) is 1. The van der Waals surface area contributed by atoms with Crippen LogP contribution in [0.25, 0.3) is 0 Å². The molecule has 0 aromatic heterocycles. The maximum Gasteiger partial charge on any atom is 0.405 e.